The summed E-state index contributed by atoms with van der Waals surface area (Å²) in [6.45, 7) is 7.51. The predicted octanol–water partition coefficient (Wildman–Crippen LogP) is 0.963. The number of nitrogens with one attached hydrogen (secondary N) is 1. The van der Waals surface area contributed by atoms with Gasteiger partial charge in [0.1, 0.15) is 12.4 Å². The Morgan fingerprint density at radius 2 is 2.05 bits per heavy atom. The van der Waals surface area contributed by atoms with Gasteiger partial charge in [-0.25, -0.2) is 0 Å². The second-order valence-corrected chi connectivity index (χ2v) is 5.41. The predicted molar refractivity (Wildman–Crippen MR) is 78.2 cm³/mol. The second kappa shape index (κ2) is 5.80. The van der Waals surface area contributed by atoms with Crippen LogP contribution in [0.1, 0.15) is 5.56 Å². The highest BCUT2D eigenvalue weighted by Gasteiger charge is 2.15. The maximum atomic E-state index is 5.76. The number of anilines is 1. The maximum absolute atomic E-state index is 5.76. The zero-order valence-electron chi connectivity index (χ0n) is 11.7. The zero-order valence-corrected chi connectivity index (χ0v) is 11.7. The van der Waals surface area contributed by atoms with Crippen molar-refractivity contribution >= 4 is 5.69 Å². The van der Waals surface area contributed by atoms with Gasteiger partial charge in [-0.1, -0.05) is 6.07 Å². The molecule has 0 radical (unpaired) electrons. The summed E-state index contributed by atoms with van der Waals surface area (Å²) in [5.41, 5.74) is 2.60. The Morgan fingerprint density at radius 1 is 1.21 bits per heavy atom. The van der Waals surface area contributed by atoms with Gasteiger partial charge in [0, 0.05) is 39.8 Å². The molecule has 104 valence electrons. The molecule has 2 aliphatic rings. The molecule has 19 heavy (non-hydrogen) atoms. The molecule has 2 heterocycles. The highest BCUT2D eigenvalue weighted by molar-refractivity contribution is 5.60. The van der Waals surface area contributed by atoms with E-state index in [1.54, 1.807) is 0 Å². The van der Waals surface area contributed by atoms with Crippen LogP contribution in [0.15, 0.2) is 18.2 Å². The molecule has 0 atom stereocenters. The molecule has 4 heteroatoms. The number of hydrogen-bond acceptors (Lipinski definition) is 4. The summed E-state index contributed by atoms with van der Waals surface area (Å²) in [5.74, 6) is 1.05. The van der Waals surface area contributed by atoms with E-state index in [1.807, 2.05) is 0 Å². The number of rotatable bonds is 3. The van der Waals surface area contributed by atoms with Gasteiger partial charge in [0.25, 0.3) is 0 Å². The first kappa shape index (κ1) is 12.8. The summed E-state index contributed by atoms with van der Waals surface area (Å²) in [6.07, 6.45) is 1.11. The van der Waals surface area contributed by atoms with Crippen molar-refractivity contribution in [1.82, 2.24) is 10.2 Å². The number of hydrogen-bond donors (Lipinski definition) is 1. The molecule has 0 aliphatic carbocycles. The molecule has 3 rings (SSSR count). The van der Waals surface area contributed by atoms with Gasteiger partial charge in [-0.3, -0.25) is 0 Å². The van der Waals surface area contributed by atoms with E-state index >= 15 is 0 Å². The van der Waals surface area contributed by atoms with E-state index in [-0.39, 0.29) is 0 Å². The van der Waals surface area contributed by atoms with Crippen molar-refractivity contribution in [3.8, 4) is 5.75 Å². The molecule has 1 aromatic rings. The normalized spacial score (nSPS) is 19.9. The smallest absolute Gasteiger partial charge is 0.142 e. The van der Waals surface area contributed by atoms with E-state index in [0.717, 1.165) is 45.0 Å². The van der Waals surface area contributed by atoms with E-state index in [4.69, 9.17) is 4.74 Å². The average Bonchev–Trinajstić information content (AvgIpc) is 2.46. The van der Waals surface area contributed by atoms with Gasteiger partial charge in [0.15, 0.2) is 0 Å². The monoisotopic (exact) mass is 261 g/mol. The van der Waals surface area contributed by atoms with E-state index < -0.39 is 0 Å². The van der Waals surface area contributed by atoms with Crippen LogP contribution in [0.25, 0.3) is 0 Å². The minimum atomic E-state index is 0.796. The molecule has 0 amide bonds. The standard InChI is InChI=1S/C15H23N3O/c1-17-10-11-19-15-12-13(2-3-14(15)17)4-7-18-8-5-16-6-9-18/h2-3,12,16H,4-11H2,1H3. The fourth-order valence-corrected chi connectivity index (χ4v) is 2.78. The first-order valence-electron chi connectivity index (χ1n) is 7.23. The minimum Gasteiger partial charge on any atom is -0.490 e. The molecule has 0 bridgehead atoms. The molecule has 4 nitrogen and oxygen atoms in total. The molecule has 1 aromatic carbocycles. The van der Waals surface area contributed by atoms with E-state index in [1.165, 1.54) is 24.3 Å². The fraction of sp³-hybridized carbons (Fsp3) is 0.600. The highest BCUT2D eigenvalue weighted by Crippen LogP contribution is 2.31. The van der Waals surface area contributed by atoms with Gasteiger partial charge in [-0.2, -0.15) is 0 Å². The van der Waals surface area contributed by atoms with Crippen molar-refractivity contribution < 1.29 is 4.74 Å². The molecule has 0 spiro atoms. The van der Waals surface area contributed by atoms with Crippen molar-refractivity contribution in [1.29, 1.82) is 0 Å². The third kappa shape index (κ3) is 3.01. The number of benzene rings is 1. The van der Waals surface area contributed by atoms with Gasteiger partial charge in [-0.05, 0) is 24.1 Å². The van der Waals surface area contributed by atoms with Gasteiger partial charge in [0.05, 0.1) is 12.2 Å². The Morgan fingerprint density at radius 3 is 2.89 bits per heavy atom. The minimum absolute atomic E-state index is 0.796. The van der Waals surface area contributed by atoms with E-state index in [2.05, 4.69) is 40.4 Å². The Bertz CT molecular complexity index is 429. The summed E-state index contributed by atoms with van der Waals surface area (Å²) in [6, 6.07) is 6.65. The molecule has 1 N–H and O–H groups in total. The largest absolute Gasteiger partial charge is 0.490 e. The Kier molecular flexibility index (Phi) is 3.89. The van der Waals surface area contributed by atoms with Crippen molar-refractivity contribution in [2.75, 3.05) is 57.8 Å². The summed E-state index contributed by atoms with van der Waals surface area (Å²) >= 11 is 0. The molecule has 0 saturated carbocycles. The maximum Gasteiger partial charge on any atom is 0.142 e. The molecule has 1 saturated heterocycles. The van der Waals surface area contributed by atoms with Crippen molar-refractivity contribution in [2.45, 2.75) is 6.42 Å². The van der Waals surface area contributed by atoms with Crippen LogP contribution in [0.5, 0.6) is 5.75 Å². The van der Waals surface area contributed by atoms with Crippen LogP contribution in [0.4, 0.5) is 5.69 Å². The first-order valence-corrected chi connectivity index (χ1v) is 7.23. The van der Waals surface area contributed by atoms with Crippen LogP contribution in [0, 0.1) is 0 Å². The lowest BCUT2D eigenvalue weighted by Gasteiger charge is -2.29. The lowest BCUT2D eigenvalue weighted by atomic mass is 10.1. The van der Waals surface area contributed by atoms with Crippen molar-refractivity contribution in [2.24, 2.45) is 0 Å². The molecule has 1 fully saturated rings. The number of likely N-dealkylation sites (N-methyl/N-ethyl adjacent to an activating group) is 1. The quantitative estimate of drug-likeness (QED) is 0.877. The van der Waals surface area contributed by atoms with Crippen LogP contribution in [0.2, 0.25) is 0 Å². The van der Waals surface area contributed by atoms with Gasteiger partial charge >= 0.3 is 0 Å². The van der Waals surface area contributed by atoms with Crippen molar-refractivity contribution in [3.05, 3.63) is 23.8 Å². The fourth-order valence-electron chi connectivity index (χ4n) is 2.78. The Hall–Kier alpha value is -1.26. The van der Waals surface area contributed by atoms with Crippen LogP contribution in [0.3, 0.4) is 0 Å². The average molecular weight is 261 g/mol. The lowest BCUT2D eigenvalue weighted by molar-refractivity contribution is 0.243. The number of piperazine rings is 1. The summed E-state index contributed by atoms with van der Waals surface area (Å²) in [4.78, 5) is 4.79. The Labute approximate surface area is 115 Å². The van der Waals surface area contributed by atoms with Crippen LogP contribution < -0.4 is 15.0 Å². The first-order chi connectivity index (χ1) is 9.33. The molecule has 0 aromatic heterocycles. The molecule has 0 unspecified atom stereocenters. The highest BCUT2D eigenvalue weighted by atomic mass is 16.5. The second-order valence-electron chi connectivity index (χ2n) is 5.41. The van der Waals surface area contributed by atoms with Gasteiger partial charge in [-0.15, -0.1) is 0 Å². The third-order valence-electron chi connectivity index (χ3n) is 4.05. The summed E-state index contributed by atoms with van der Waals surface area (Å²) < 4.78 is 5.76. The van der Waals surface area contributed by atoms with Crippen molar-refractivity contribution in [3.63, 3.8) is 0 Å². The molecular weight excluding hydrogens is 238 g/mol. The topological polar surface area (TPSA) is 27.7 Å². The summed E-state index contributed by atoms with van der Waals surface area (Å²) in [5, 5.41) is 3.39. The van der Waals surface area contributed by atoms with E-state index in [0.29, 0.717) is 0 Å². The number of ether oxygens (including phenoxy) is 1. The molecule has 2 aliphatic heterocycles. The summed E-state index contributed by atoms with van der Waals surface area (Å²) in [7, 11) is 2.13. The van der Waals surface area contributed by atoms with Crippen LogP contribution >= 0.6 is 0 Å². The number of nitrogens with zero attached hydrogens (tertiary/aromatic N) is 2. The van der Waals surface area contributed by atoms with Gasteiger partial charge < -0.3 is 19.9 Å². The Balaban J connectivity index is 1.62. The number of fused-ring (bicyclic) bond motifs is 1. The zero-order chi connectivity index (χ0) is 13.1. The SMILES string of the molecule is CN1CCOc2cc(CCN3CCNCC3)ccc21. The molecular formula is C15H23N3O. The van der Waals surface area contributed by atoms with E-state index in [9.17, 15) is 0 Å². The van der Waals surface area contributed by atoms with Crippen LogP contribution in [-0.2, 0) is 6.42 Å². The van der Waals surface area contributed by atoms with Crippen LogP contribution in [-0.4, -0.2) is 57.8 Å². The third-order valence-corrected chi connectivity index (χ3v) is 4.05. The lowest BCUT2D eigenvalue weighted by Crippen LogP contribution is -2.44. The van der Waals surface area contributed by atoms with Gasteiger partial charge in [0.2, 0.25) is 0 Å².